The van der Waals surface area contributed by atoms with Crippen LogP contribution in [-0.4, -0.2) is 29.5 Å². The average Bonchev–Trinajstić information content (AvgIpc) is 2.74. The van der Waals surface area contributed by atoms with Crippen LogP contribution in [0.15, 0.2) is 72.8 Å². The summed E-state index contributed by atoms with van der Waals surface area (Å²) in [5, 5.41) is 20.4. The van der Waals surface area contributed by atoms with Crippen molar-refractivity contribution in [1.82, 2.24) is 0 Å². The predicted octanol–water partition coefficient (Wildman–Crippen LogP) is 4.53. The van der Waals surface area contributed by atoms with E-state index in [1.54, 1.807) is 48.5 Å². The van der Waals surface area contributed by atoms with Gasteiger partial charge in [0.1, 0.15) is 17.3 Å². The van der Waals surface area contributed by atoms with E-state index in [1.807, 2.05) is 43.0 Å². The monoisotopic (exact) mass is 468 g/mol. The Bertz CT molecular complexity index is 1090. The number of nitrogens with zero attached hydrogens (tertiary/aromatic N) is 1. The van der Waals surface area contributed by atoms with E-state index in [0.29, 0.717) is 17.8 Å². The van der Waals surface area contributed by atoms with Crippen LogP contribution in [0.2, 0.25) is 0 Å². The average molecular weight is 469 g/mol. The first-order valence-electron chi connectivity index (χ1n) is 10.3. The van der Waals surface area contributed by atoms with E-state index >= 15 is 0 Å². The number of carbonyl (C=O) groups excluding carboxylic acids is 1. The molecule has 0 aliphatic carbocycles. The van der Waals surface area contributed by atoms with Crippen molar-refractivity contribution in [2.45, 2.75) is 26.5 Å². The summed E-state index contributed by atoms with van der Waals surface area (Å²) in [5.74, 6) is 0.658. The minimum Gasteiger partial charge on any atom is -0.508 e. The van der Waals surface area contributed by atoms with E-state index in [0.717, 1.165) is 17.0 Å². The summed E-state index contributed by atoms with van der Waals surface area (Å²) in [6.07, 6.45) is 0.0761. The molecule has 0 aliphatic rings. The molecule has 0 aromatic heterocycles. The van der Waals surface area contributed by atoms with Gasteiger partial charge in [0.05, 0.1) is 12.6 Å². The summed E-state index contributed by atoms with van der Waals surface area (Å²) < 4.78 is 5.63. The summed E-state index contributed by atoms with van der Waals surface area (Å²) in [6, 6.07) is 21.3. The van der Waals surface area contributed by atoms with Crippen LogP contribution in [-0.2, 0) is 11.3 Å². The van der Waals surface area contributed by atoms with E-state index in [-0.39, 0.29) is 42.5 Å². The molecule has 0 heterocycles. The van der Waals surface area contributed by atoms with E-state index in [9.17, 15) is 9.90 Å². The van der Waals surface area contributed by atoms with Crippen molar-refractivity contribution in [3.05, 3.63) is 83.9 Å². The lowest BCUT2D eigenvalue weighted by Crippen LogP contribution is -2.33. The van der Waals surface area contributed by atoms with Crippen molar-refractivity contribution in [1.29, 1.82) is 5.41 Å². The van der Waals surface area contributed by atoms with Crippen molar-refractivity contribution in [2.24, 2.45) is 5.73 Å². The number of phenols is 1. The summed E-state index contributed by atoms with van der Waals surface area (Å²) >= 11 is 0. The highest BCUT2D eigenvalue weighted by atomic mass is 35.5. The largest absolute Gasteiger partial charge is 0.508 e. The number of ether oxygens (including phenoxy) is 1. The number of aromatic hydroxyl groups is 1. The van der Waals surface area contributed by atoms with Crippen molar-refractivity contribution >= 4 is 35.5 Å². The van der Waals surface area contributed by atoms with Gasteiger partial charge in [-0.3, -0.25) is 10.2 Å². The second-order valence-electron chi connectivity index (χ2n) is 7.73. The maximum atomic E-state index is 12.8. The molecule has 7 nitrogen and oxygen atoms in total. The maximum absolute atomic E-state index is 12.8. The molecule has 174 valence electrons. The molecule has 0 bridgehead atoms. The van der Waals surface area contributed by atoms with Crippen LogP contribution in [0.3, 0.4) is 0 Å². The fourth-order valence-corrected chi connectivity index (χ4v) is 3.25. The Hall–Kier alpha value is -3.71. The standard InChI is InChI=1S/C25H28N4O3.ClH/c1-17(2)32-23-11-9-20(10-12-23)28-24(31)16-29(15-18-5-3-8-22(30)13-18)21-7-4-6-19(14-21)25(26)27;/h3-14,17,30H,15-16H2,1-2H3,(H3,26,27)(H,28,31);1H. The first-order chi connectivity index (χ1) is 15.3. The van der Waals surface area contributed by atoms with Gasteiger partial charge in [-0.2, -0.15) is 0 Å². The summed E-state index contributed by atoms with van der Waals surface area (Å²) in [7, 11) is 0. The second kappa shape index (κ2) is 11.8. The number of rotatable bonds is 9. The first-order valence-corrected chi connectivity index (χ1v) is 10.3. The van der Waals surface area contributed by atoms with E-state index in [2.05, 4.69) is 5.32 Å². The Labute approximate surface area is 200 Å². The zero-order chi connectivity index (χ0) is 23.1. The molecule has 0 saturated carbocycles. The van der Waals surface area contributed by atoms with Crippen molar-refractivity contribution < 1.29 is 14.6 Å². The SMILES string of the molecule is CC(C)Oc1ccc(NC(=O)CN(Cc2cccc(O)c2)c2cccc(C(=N)N)c2)cc1.Cl. The third-order valence-electron chi connectivity index (χ3n) is 4.65. The third-order valence-corrected chi connectivity index (χ3v) is 4.65. The van der Waals surface area contributed by atoms with Gasteiger partial charge in [0.2, 0.25) is 5.91 Å². The zero-order valence-electron chi connectivity index (χ0n) is 18.6. The van der Waals surface area contributed by atoms with Gasteiger partial charge in [-0.15, -0.1) is 12.4 Å². The molecule has 1 amide bonds. The molecule has 3 aromatic rings. The van der Waals surface area contributed by atoms with Crippen LogP contribution >= 0.6 is 12.4 Å². The van der Waals surface area contributed by atoms with Crippen LogP contribution < -0.4 is 20.7 Å². The van der Waals surface area contributed by atoms with Crippen LogP contribution in [0, 0.1) is 5.41 Å². The molecule has 33 heavy (non-hydrogen) atoms. The highest BCUT2D eigenvalue weighted by Gasteiger charge is 2.14. The van der Waals surface area contributed by atoms with Crippen molar-refractivity contribution in [2.75, 3.05) is 16.8 Å². The smallest absolute Gasteiger partial charge is 0.243 e. The van der Waals surface area contributed by atoms with Crippen molar-refractivity contribution in [3.8, 4) is 11.5 Å². The minimum absolute atomic E-state index is 0. The van der Waals surface area contributed by atoms with E-state index in [1.165, 1.54) is 0 Å². The normalized spacial score (nSPS) is 10.3. The number of nitrogens with one attached hydrogen (secondary N) is 2. The number of amides is 1. The molecule has 3 rings (SSSR count). The van der Waals surface area contributed by atoms with Crippen LogP contribution in [0.4, 0.5) is 11.4 Å². The van der Waals surface area contributed by atoms with Gasteiger partial charge in [0, 0.05) is 23.5 Å². The predicted molar refractivity (Wildman–Crippen MR) is 135 cm³/mol. The molecule has 0 unspecified atom stereocenters. The lowest BCUT2D eigenvalue weighted by molar-refractivity contribution is -0.115. The molecular formula is C25H29ClN4O3. The third kappa shape index (κ3) is 7.73. The van der Waals surface area contributed by atoms with Gasteiger partial charge < -0.3 is 25.8 Å². The van der Waals surface area contributed by atoms with Crippen molar-refractivity contribution in [3.63, 3.8) is 0 Å². The Morgan fingerprint density at radius 3 is 2.42 bits per heavy atom. The van der Waals surface area contributed by atoms with E-state index in [4.69, 9.17) is 15.9 Å². The molecule has 8 heteroatoms. The number of nitrogen functional groups attached to an aromatic ring is 1. The Morgan fingerprint density at radius 1 is 1.09 bits per heavy atom. The Balaban J connectivity index is 0.00000385. The molecule has 0 saturated heterocycles. The number of halogens is 1. The highest BCUT2D eigenvalue weighted by Crippen LogP contribution is 2.22. The number of nitrogens with two attached hydrogens (primary N) is 1. The van der Waals surface area contributed by atoms with Gasteiger partial charge in [-0.1, -0.05) is 24.3 Å². The van der Waals surface area contributed by atoms with Gasteiger partial charge in [-0.25, -0.2) is 0 Å². The molecular weight excluding hydrogens is 440 g/mol. The second-order valence-corrected chi connectivity index (χ2v) is 7.73. The molecule has 0 fully saturated rings. The number of benzene rings is 3. The number of anilines is 2. The molecule has 0 atom stereocenters. The molecule has 5 N–H and O–H groups in total. The van der Waals surface area contributed by atoms with Gasteiger partial charge in [0.15, 0.2) is 0 Å². The fraction of sp³-hybridized carbons (Fsp3) is 0.200. The number of amidine groups is 1. The fourth-order valence-electron chi connectivity index (χ4n) is 3.25. The van der Waals surface area contributed by atoms with Gasteiger partial charge in [0.25, 0.3) is 0 Å². The maximum Gasteiger partial charge on any atom is 0.243 e. The molecule has 3 aromatic carbocycles. The molecule has 0 radical (unpaired) electrons. The summed E-state index contributed by atoms with van der Waals surface area (Å²) in [5.41, 5.74) is 8.48. The van der Waals surface area contributed by atoms with Gasteiger partial charge >= 0.3 is 0 Å². The first kappa shape index (κ1) is 25.5. The summed E-state index contributed by atoms with van der Waals surface area (Å²) in [6.45, 7) is 4.38. The van der Waals surface area contributed by atoms with Crippen LogP contribution in [0.5, 0.6) is 11.5 Å². The lowest BCUT2D eigenvalue weighted by Gasteiger charge is -2.25. The van der Waals surface area contributed by atoms with Gasteiger partial charge in [-0.05, 0) is 67.9 Å². The number of carbonyl (C=O) groups is 1. The quantitative estimate of drug-likeness (QED) is 0.272. The topological polar surface area (TPSA) is 112 Å². The number of phenolic OH excluding ortho intramolecular Hbond substituents is 1. The zero-order valence-corrected chi connectivity index (χ0v) is 19.4. The lowest BCUT2D eigenvalue weighted by atomic mass is 10.1. The van der Waals surface area contributed by atoms with Crippen LogP contribution in [0.25, 0.3) is 0 Å². The Kier molecular flexibility index (Phi) is 9.12. The molecule has 0 aliphatic heterocycles. The Morgan fingerprint density at radius 2 is 1.79 bits per heavy atom. The summed E-state index contributed by atoms with van der Waals surface area (Å²) in [4.78, 5) is 14.7. The molecule has 0 spiro atoms. The number of hydrogen-bond acceptors (Lipinski definition) is 5. The van der Waals surface area contributed by atoms with Crippen LogP contribution in [0.1, 0.15) is 25.0 Å². The highest BCUT2D eigenvalue weighted by molar-refractivity contribution is 5.97. The number of hydrogen-bond donors (Lipinski definition) is 4. The van der Waals surface area contributed by atoms with E-state index < -0.39 is 0 Å². The minimum atomic E-state index is -0.198.